The van der Waals surface area contributed by atoms with E-state index in [0.717, 1.165) is 28.0 Å². The molecule has 5 heteroatoms. The van der Waals surface area contributed by atoms with E-state index in [1.165, 1.54) is 6.42 Å². The smallest absolute Gasteiger partial charge is 0.183 e. The van der Waals surface area contributed by atoms with Gasteiger partial charge in [0.25, 0.3) is 0 Å². The van der Waals surface area contributed by atoms with Crippen molar-refractivity contribution in [3.05, 3.63) is 21.0 Å². The van der Waals surface area contributed by atoms with Crippen molar-refractivity contribution in [2.24, 2.45) is 11.7 Å². The van der Waals surface area contributed by atoms with Crippen molar-refractivity contribution in [1.82, 2.24) is 4.90 Å². The van der Waals surface area contributed by atoms with Crippen LogP contribution in [0, 0.1) is 5.92 Å². The lowest BCUT2D eigenvalue weighted by Crippen LogP contribution is -2.36. The highest BCUT2D eigenvalue weighted by molar-refractivity contribution is 9.13. The predicted molar refractivity (Wildman–Crippen MR) is 82.6 cm³/mol. The summed E-state index contributed by atoms with van der Waals surface area (Å²) in [6, 6.07) is 2.15. The molecule has 1 rings (SSSR count). The minimum absolute atomic E-state index is 0.145. The second-order valence-electron chi connectivity index (χ2n) is 4.62. The number of nitrogens with zero attached hydrogens (tertiary/aromatic N) is 1. The SMILES string of the molecule is CCC(C)CN(CC)C(CN)c1cc(Br)c(Br)o1. The van der Waals surface area contributed by atoms with Gasteiger partial charge in [0.15, 0.2) is 4.67 Å². The Kier molecular flexibility index (Phi) is 6.92. The third kappa shape index (κ3) is 4.08. The minimum atomic E-state index is 0.145. The summed E-state index contributed by atoms with van der Waals surface area (Å²) in [4.78, 5) is 2.38. The van der Waals surface area contributed by atoms with Crippen molar-refractivity contribution in [3.8, 4) is 0 Å². The van der Waals surface area contributed by atoms with Crippen LogP contribution in [0.5, 0.6) is 0 Å². The summed E-state index contributed by atoms with van der Waals surface area (Å²) in [6.45, 7) is 9.24. The van der Waals surface area contributed by atoms with Crippen molar-refractivity contribution in [3.63, 3.8) is 0 Å². The molecule has 0 spiro atoms. The Hall–Kier alpha value is 0.160. The molecule has 0 aliphatic carbocycles. The molecule has 0 saturated carbocycles. The fraction of sp³-hybridized carbons (Fsp3) is 0.692. The first kappa shape index (κ1) is 16.2. The summed E-state index contributed by atoms with van der Waals surface area (Å²) in [6.07, 6.45) is 1.18. The number of furan rings is 1. The van der Waals surface area contributed by atoms with Crippen LogP contribution in [-0.2, 0) is 0 Å². The molecule has 1 aromatic rings. The van der Waals surface area contributed by atoms with E-state index >= 15 is 0 Å². The van der Waals surface area contributed by atoms with Crippen LogP contribution < -0.4 is 5.73 Å². The summed E-state index contributed by atoms with van der Waals surface area (Å²) in [7, 11) is 0. The number of halogens is 2. The van der Waals surface area contributed by atoms with Crippen molar-refractivity contribution in [1.29, 1.82) is 0 Å². The summed E-state index contributed by atoms with van der Waals surface area (Å²) in [5.41, 5.74) is 5.93. The van der Waals surface area contributed by atoms with Gasteiger partial charge in [-0.05, 0) is 50.4 Å². The molecule has 18 heavy (non-hydrogen) atoms. The number of rotatable bonds is 7. The number of hydrogen-bond acceptors (Lipinski definition) is 3. The average molecular weight is 382 g/mol. The van der Waals surface area contributed by atoms with Gasteiger partial charge in [-0.1, -0.05) is 27.2 Å². The Morgan fingerprint density at radius 1 is 1.39 bits per heavy atom. The zero-order chi connectivity index (χ0) is 13.7. The monoisotopic (exact) mass is 380 g/mol. The van der Waals surface area contributed by atoms with Crippen LogP contribution in [0.2, 0.25) is 0 Å². The fourth-order valence-corrected chi connectivity index (χ4v) is 2.59. The molecule has 0 fully saturated rings. The Morgan fingerprint density at radius 3 is 2.44 bits per heavy atom. The number of hydrogen-bond donors (Lipinski definition) is 1. The van der Waals surface area contributed by atoms with Gasteiger partial charge in [-0.2, -0.15) is 0 Å². The summed E-state index contributed by atoms with van der Waals surface area (Å²) >= 11 is 6.83. The van der Waals surface area contributed by atoms with E-state index in [1.807, 2.05) is 6.07 Å². The molecule has 2 unspecified atom stereocenters. The fourth-order valence-electron chi connectivity index (χ4n) is 1.98. The molecule has 3 nitrogen and oxygen atoms in total. The minimum Gasteiger partial charge on any atom is -0.451 e. The highest BCUT2D eigenvalue weighted by Crippen LogP contribution is 2.32. The maximum atomic E-state index is 5.93. The lowest BCUT2D eigenvalue weighted by molar-refractivity contribution is 0.162. The van der Waals surface area contributed by atoms with Crippen LogP contribution in [-0.4, -0.2) is 24.5 Å². The maximum Gasteiger partial charge on any atom is 0.183 e. The first-order chi connectivity index (χ1) is 8.53. The second kappa shape index (κ2) is 7.68. The van der Waals surface area contributed by atoms with E-state index < -0.39 is 0 Å². The Labute approximate surface area is 126 Å². The highest BCUT2D eigenvalue weighted by Gasteiger charge is 2.23. The van der Waals surface area contributed by atoms with E-state index in [2.05, 4.69) is 57.5 Å². The van der Waals surface area contributed by atoms with Gasteiger partial charge in [0.1, 0.15) is 5.76 Å². The van der Waals surface area contributed by atoms with Gasteiger partial charge in [-0.3, -0.25) is 4.90 Å². The van der Waals surface area contributed by atoms with Crippen LogP contribution in [0.3, 0.4) is 0 Å². The quantitative estimate of drug-likeness (QED) is 0.770. The lowest BCUT2D eigenvalue weighted by atomic mass is 10.1. The molecule has 104 valence electrons. The molecule has 2 atom stereocenters. The topological polar surface area (TPSA) is 42.4 Å². The van der Waals surface area contributed by atoms with Crippen molar-refractivity contribution in [2.45, 2.75) is 33.2 Å². The van der Waals surface area contributed by atoms with E-state index in [4.69, 9.17) is 10.2 Å². The van der Waals surface area contributed by atoms with E-state index in [9.17, 15) is 0 Å². The molecule has 0 bridgehead atoms. The van der Waals surface area contributed by atoms with Crippen molar-refractivity contribution in [2.75, 3.05) is 19.6 Å². The molecule has 1 heterocycles. The molecule has 2 N–H and O–H groups in total. The highest BCUT2D eigenvalue weighted by atomic mass is 79.9. The Balaban J connectivity index is 2.85. The summed E-state index contributed by atoms with van der Waals surface area (Å²) < 4.78 is 7.39. The van der Waals surface area contributed by atoms with Gasteiger partial charge in [0.05, 0.1) is 10.5 Å². The predicted octanol–water partition coefficient (Wildman–Crippen LogP) is 4.17. The average Bonchev–Trinajstić information content (AvgIpc) is 2.68. The van der Waals surface area contributed by atoms with E-state index in [1.54, 1.807) is 0 Å². The standard InChI is InChI=1S/C13H22Br2N2O/c1-4-9(3)8-17(5-2)11(7-16)12-6-10(14)13(15)18-12/h6,9,11H,4-5,7-8,16H2,1-3H3. The molecule has 0 aromatic carbocycles. The summed E-state index contributed by atoms with van der Waals surface area (Å²) in [5.74, 6) is 1.59. The molecule has 1 aromatic heterocycles. The Morgan fingerprint density at radius 2 is 2.06 bits per heavy atom. The molecule has 0 saturated heterocycles. The zero-order valence-electron chi connectivity index (χ0n) is 11.2. The van der Waals surface area contributed by atoms with Gasteiger partial charge >= 0.3 is 0 Å². The largest absolute Gasteiger partial charge is 0.451 e. The second-order valence-corrected chi connectivity index (χ2v) is 6.20. The zero-order valence-corrected chi connectivity index (χ0v) is 14.4. The van der Waals surface area contributed by atoms with Gasteiger partial charge in [-0.25, -0.2) is 0 Å². The third-order valence-electron chi connectivity index (χ3n) is 3.31. The van der Waals surface area contributed by atoms with Crippen molar-refractivity contribution < 1.29 is 4.42 Å². The normalized spacial score (nSPS) is 15.1. The molecular formula is C13H22Br2N2O. The molecule has 0 aliphatic rings. The number of likely N-dealkylation sites (N-methyl/N-ethyl adjacent to an activating group) is 1. The van der Waals surface area contributed by atoms with Crippen LogP contribution in [0.1, 0.15) is 39.0 Å². The van der Waals surface area contributed by atoms with Gasteiger partial charge in [0.2, 0.25) is 0 Å². The maximum absolute atomic E-state index is 5.93. The Bertz CT molecular complexity index is 348. The molecule has 0 aliphatic heterocycles. The van der Waals surface area contributed by atoms with Crippen LogP contribution in [0.25, 0.3) is 0 Å². The molecule has 0 radical (unpaired) electrons. The van der Waals surface area contributed by atoms with Crippen LogP contribution >= 0.6 is 31.9 Å². The molecular weight excluding hydrogens is 360 g/mol. The van der Waals surface area contributed by atoms with Crippen LogP contribution in [0.4, 0.5) is 0 Å². The van der Waals surface area contributed by atoms with Gasteiger partial charge < -0.3 is 10.2 Å². The first-order valence-electron chi connectivity index (χ1n) is 6.42. The van der Waals surface area contributed by atoms with E-state index in [-0.39, 0.29) is 6.04 Å². The lowest BCUT2D eigenvalue weighted by Gasteiger charge is -2.30. The van der Waals surface area contributed by atoms with Gasteiger partial charge in [-0.15, -0.1) is 0 Å². The van der Waals surface area contributed by atoms with Gasteiger partial charge in [0, 0.05) is 13.1 Å². The van der Waals surface area contributed by atoms with E-state index in [0.29, 0.717) is 12.5 Å². The first-order valence-corrected chi connectivity index (χ1v) is 8.00. The number of nitrogens with two attached hydrogens (primary N) is 1. The third-order valence-corrected chi connectivity index (χ3v) is 5.02. The summed E-state index contributed by atoms with van der Waals surface area (Å²) in [5, 5.41) is 0. The van der Waals surface area contributed by atoms with Crippen LogP contribution in [0.15, 0.2) is 19.6 Å². The van der Waals surface area contributed by atoms with Crippen molar-refractivity contribution >= 4 is 31.9 Å². The molecule has 0 amide bonds.